The largest absolute Gasteiger partial charge is 0.480 e. The summed E-state index contributed by atoms with van der Waals surface area (Å²) in [5.41, 5.74) is -0.151. The van der Waals surface area contributed by atoms with E-state index in [1.54, 1.807) is 4.90 Å². The SMILES string of the molecule is CCC1CCN(C(=O)N2CCCC2(C)C)C(C(=O)O)C1. The molecular formula is C15H26N2O3. The second-order valence-electron chi connectivity index (χ2n) is 6.70. The van der Waals surface area contributed by atoms with Crippen LogP contribution >= 0.6 is 0 Å². The number of urea groups is 1. The maximum atomic E-state index is 12.7. The molecule has 2 heterocycles. The zero-order valence-electron chi connectivity index (χ0n) is 12.8. The van der Waals surface area contributed by atoms with Crippen LogP contribution in [-0.4, -0.2) is 51.6 Å². The van der Waals surface area contributed by atoms with E-state index < -0.39 is 12.0 Å². The highest BCUT2D eigenvalue weighted by molar-refractivity contribution is 5.83. The molecule has 0 spiro atoms. The van der Waals surface area contributed by atoms with Crippen molar-refractivity contribution in [2.75, 3.05) is 13.1 Å². The Labute approximate surface area is 120 Å². The zero-order valence-corrected chi connectivity index (χ0v) is 12.8. The summed E-state index contributed by atoms with van der Waals surface area (Å²) in [4.78, 5) is 27.7. The second kappa shape index (κ2) is 5.62. The molecule has 114 valence electrons. The van der Waals surface area contributed by atoms with Crippen molar-refractivity contribution in [2.24, 2.45) is 5.92 Å². The Morgan fingerprint density at radius 2 is 2.00 bits per heavy atom. The number of carbonyl (C=O) groups excluding carboxylic acids is 1. The van der Waals surface area contributed by atoms with Gasteiger partial charge in [0, 0.05) is 18.6 Å². The number of aliphatic carboxylic acids is 1. The van der Waals surface area contributed by atoms with E-state index in [-0.39, 0.29) is 11.6 Å². The maximum Gasteiger partial charge on any atom is 0.326 e. The van der Waals surface area contributed by atoms with Crippen molar-refractivity contribution in [3.63, 3.8) is 0 Å². The van der Waals surface area contributed by atoms with E-state index in [9.17, 15) is 14.7 Å². The first-order valence-electron chi connectivity index (χ1n) is 7.68. The molecule has 2 aliphatic heterocycles. The number of carboxylic acids is 1. The zero-order chi connectivity index (χ0) is 14.9. The highest BCUT2D eigenvalue weighted by atomic mass is 16.4. The third-order valence-corrected chi connectivity index (χ3v) is 4.95. The second-order valence-corrected chi connectivity index (χ2v) is 6.70. The molecule has 2 fully saturated rings. The number of hydrogen-bond acceptors (Lipinski definition) is 2. The lowest BCUT2D eigenvalue weighted by molar-refractivity contribution is -0.144. The van der Waals surface area contributed by atoms with Crippen molar-refractivity contribution < 1.29 is 14.7 Å². The van der Waals surface area contributed by atoms with E-state index in [4.69, 9.17) is 0 Å². The van der Waals surface area contributed by atoms with E-state index >= 15 is 0 Å². The Bertz CT molecular complexity index is 395. The Kier molecular flexibility index (Phi) is 4.25. The predicted octanol–water partition coefficient (Wildman–Crippen LogP) is 2.56. The highest BCUT2D eigenvalue weighted by Crippen LogP contribution is 2.32. The van der Waals surface area contributed by atoms with Crippen LogP contribution in [0.15, 0.2) is 0 Å². The third-order valence-electron chi connectivity index (χ3n) is 4.95. The average molecular weight is 282 g/mol. The molecule has 0 aliphatic carbocycles. The van der Waals surface area contributed by atoms with Crippen LogP contribution in [0.1, 0.15) is 52.9 Å². The lowest BCUT2D eigenvalue weighted by Gasteiger charge is -2.42. The minimum Gasteiger partial charge on any atom is -0.480 e. The Hall–Kier alpha value is -1.26. The van der Waals surface area contributed by atoms with Gasteiger partial charge in [-0.3, -0.25) is 0 Å². The normalized spacial score (nSPS) is 29.6. The summed E-state index contributed by atoms with van der Waals surface area (Å²) in [6, 6.07) is -0.743. The molecule has 5 nitrogen and oxygen atoms in total. The molecule has 0 saturated carbocycles. The first kappa shape index (κ1) is 15.1. The minimum atomic E-state index is -0.867. The van der Waals surface area contributed by atoms with Crippen LogP contribution in [0.5, 0.6) is 0 Å². The summed E-state index contributed by atoms with van der Waals surface area (Å²) < 4.78 is 0. The first-order valence-corrected chi connectivity index (χ1v) is 7.68. The molecule has 2 atom stereocenters. The molecule has 5 heteroatoms. The van der Waals surface area contributed by atoms with Crippen LogP contribution in [0.4, 0.5) is 4.79 Å². The molecule has 2 saturated heterocycles. The summed E-state index contributed by atoms with van der Waals surface area (Å²) in [6.45, 7) is 7.52. The fourth-order valence-corrected chi connectivity index (χ4v) is 3.49. The van der Waals surface area contributed by atoms with Crippen molar-refractivity contribution in [1.82, 2.24) is 9.80 Å². The van der Waals surface area contributed by atoms with Gasteiger partial charge in [0.15, 0.2) is 0 Å². The van der Waals surface area contributed by atoms with E-state index in [1.807, 2.05) is 4.90 Å². The van der Waals surface area contributed by atoms with Crippen LogP contribution in [0.3, 0.4) is 0 Å². The first-order chi connectivity index (χ1) is 9.36. The number of piperidine rings is 1. The van der Waals surface area contributed by atoms with Gasteiger partial charge in [-0.05, 0) is 45.4 Å². The van der Waals surface area contributed by atoms with E-state index in [0.29, 0.717) is 18.9 Å². The summed E-state index contributed by atoms with van der Waals surface area (Å²) in [7, 11) is 0. The molecule has 1 N–H and O–H groups in total. The van der Waals surface area contributed by atoms with E-state index in [1.165, 1.54) is 0 Å². The van der Waals surface area contributed by atoms with E-state index in [2.05, 4.69) is 20.8 Å². The summed E-state index contributed by atoms with van der Waals surface area (Å²) >= 11 is 0. The van der Waals surface area contributed by atoms with Gasteiger partial charge in [-0.25, -0.2) is 9.59 Å². The van der Waals surface area contributed by atoms with Gasteiger partial charge in [0.25, 0.3) is 0 Å². The molecule has 2 rings (SSSR count). The quantitative estimate of drug-likeness (QED) is 0.846. The smallest absolute Gasteiger partial charge is 0.326 e. The van der Waals surface area contributed by atoms with Crippen LogP contribution in [-0.2, 0) is 4.79 Å². The molecule has 0 bridgehead atoms. The number of hydrogen-bond donors (Lipinski definition) is 1. The standard InChI is InChI=1S/C15H26N2O3/c1-4-11-6-9-16(12(10-11)13(18)19)14(20)17-8-5-7-15(17,2)3/h11-12H,4-10H2,1-3H3,(H,18,19). The van der Waals surface area contributed by atoms with Crippen molar-refractivity contribution in [3.8, 4) is 0 Å². The molecular weight excluding hydrogens is 256 g/mol. The minimum absolute atomic E-state index is 0.0885. The van der Waals surface area contributed by atoms with Gasteiger partial charge in [0.2, 0.25) is 0 Å². The Balaban J connectivity index is 2.13. The fraction of sp³-hybridized carbons (Fsp3) is 0.867. The Morgan fingerprint density at radius 1 is 1.30 bits per heavy atom. The number of carbonyl (C=O) groups is 2. The van der Waals surface area contributed by atoms with Crippen molar-refractivity contribution >= 4 is 12.0 Å². The maximum absolute atomic E-state index is 12.7. The van der Waals surface area contributed by atoms with Crippen molar-refractivity contribution in [3.05, 3.63) is 0 Å². The van der Waals surface area contributed by atoms with Crippen molar-refractivity contribution in [2.45, 2.75) is 64.5 Å². The van der Waals surface area contributed by atoms with Crippen LogP contribution in [0.2, 0.25) is 0 Å². The van der Waals surface area contributed by atoms with Gasteiger partial charge in [0.1, 0.15) is 6.04 Å². The molecule has 0 aromatic heterocycles. The molecule has 2 aliphatic rings. The lowest BCUT2D eigenvalue weighted by Crippen LogP contribution is -2.57. The molecule has 0 aromatic rings. The van der Waals surface area contributed by atoms with Crippen molar-refractivity contribution in [1.29, 1.82) is 0 Å². The van der Waals surface area contributed by atoms with E-state index in [0.717, 1.165) is 32.2 Å². The molecule has 0 radical (unpaired) electrons. The highest BCUT2D eigenvalue weighted by Gasteiger charge is 2.42. The summed E-state index contributed by atoms with van der Waals surface area (Å²) in [5, 5.41) is 9.43. The topological polar surface area (TPSA) is 60.9 Å². The number of rotatable bonds is 2. The van der Waals surface area contributed by atoms with Gasteiger partial charge in [-0.15, -0.1) is 0 Å². The van der Waals surface area contributed by atoms with Gasteiger partial charge in [0.05, 0.1) is 0 Å². The molecule has 2 unspecified atom stereocenters. The average Bonchev–Trinajstić information content (AvgIpc) is 2.76. The van der Waals surface area contributed by atoms with Gasteiger partial charge < -0.3 is 14.9 Å². The number of amides is 2. The van der Waals surface area contributed by atoms with Crippen LogP contribution < -0.4 is 0 Å². The monoisotopic (exact) mass is 282 g/mol. The van der Waals surface area contributed by atoms with Crippen LogP contribution in [0.25, 0.3) is 0 Å². The number of carboxylic acid groups (broad SMARTS) is 1. The molecule has 0 aromatic carbocycles. The summed E-state index contributed by atoms with van der Waals surface area (Å²) in [6.07, 6.45) is 4.48. The third kappa shape index (κ3) is 2.76. The van der Waals surface area contributed by atoms with Gasteiger partial charge in [-0.1, -0.05) is 13.3 Å². The molecule has 20 heavy (non-hydrogen) atoms. The summed E-state index contributed by atoms with van der Waals surface area (Å²) in [5.74, 6) is -0.444. The van der Waals surface area contributed by atoms with Crippen LogP contribution in [0, 0.1) is 5.92 Å². The van der Waals surface area contributed by atoms with Gasteiger partial charge >= 0.3 is 12.0 Å². The predicted molar refractivity (Wildman–Crippen MR) is 76.6 cm³/mol. The number of nitrogens with zero attached hydrogens (tertiary/aromatic N) is 2. The molecule has 2 amide bonds. The Morgan fingerprint density at radius 3 is 2.50 bits per heavy atom. The lowest BCUT2D eigenvalue weighted by atomic mass is 9.89. The van der Waals surface area contributed by atoms with Gasteiger partial charge in [-0.2, -0.15) is 0 Å². The number of likely N-dealkylation sites (tertiary alicyclic amines) is 2. The fourth-order valence-electron chi connectivity index (χ4n) is 3.49.